The van der Waals surface area contributed by atoms with Crippen molar-refractivity contribution < 1.29 is 22.3 Å². The number of hydrogen-bond acceptors (Lipinski definition) is 4. The minimum Gasteiger partial charge on any atom is -0.490 e. The number of alkyl halides is 4. The summed E-state index contributed by atoms with van der Waals surface area (Å²) in [7, 11) is 0. The van der Waals surface area contributed by atoms with Gasteiger partial charge in [-0.3, -0.25) is 4.98 Å². The lowest BCUT2D eigenvalue weighted by atomic mass is 10.0. The molecule has 0 saturated heterocycles. The van der Waals surface area contributed by atoms with E-state index in [4.69, 9.17) is 10.5 Å². The average Bonchev–Trinajstić information content (AvgIpc) is 3.07. The average molecular weight is 369 g/mol. The van der Waals surface area contributed by atoms with E-state index >= 15 is 0 Å². The Morgan fingerprint density at radius 1 is 1.08 bits per heavy atom. The molecule has 4 nitrogen and oxygen atoms in total. The van der Waals surface area contributed by atoms with Crippen molar-refractivity contribution in [1.82, 2.24) is 9.97 Å². The summed E-state index contributed by atoms with van der Waals surface area (Å²) >= 11 is 0. The van der Waals surface area contributed by atoms with Crippen molar-refractivity contribution in [3.63, 3.8) is 0 Å². The van der Waals surface area contributed by atoms with Crippen LogP contribution in [0.4, 0.5) is 17.6 Å². The fourth-order valence-corrected chi connectivity index (χ4v) is 3.07. The van der Waals surface area contributed by atoms with Gasteiger partial charge in [-0.2, -0.15) is 0 Å². The third-order valence-electron chi connectivity index (χ3n) is 4.51. The quantitative estimate of drug-likeness (QED) is 0.752. The largest absolute Gasteiger partial charge is 0.490 e. The van der Waals surface area contributed by atoms with Crippen LogP contribution >= 0.6 is 0 Å². The first-order chi connectivity index (χ1) is 12.4. The maximum atomic E-state index is 13.4. The van der Waals surface area contributed by atoms with Crippen molar-refractivity contribution in [2.24, 2.45) is 5.73 Å². The highest BCUT2D eigenvalue weighted by molar-refractivity contribution is 5.60. The third kappa shape index (κ3) is 4.12. The van der Waals surface area contributed by atoms with Gasteiger partial charge in [0.25, 0.3) is 12.9 Å². The molecule has 0 amide bonds. The molecule has 2 aromatic rings. The Kier molecular flexibility index (Phi) is 5.41. The summed E-state index contributed by atoms with van der Waals surface area (Å²) in [5.74, 6) is -0.0383. The highest BCUT2D eigenvalue weighted by atomic mass is 19.3. The zero-order valence-corrected chi connectivity index (χ0v) is 14.0. The lowest BCUT2D eigenvalue weighted by molar-refractivity contribution is 0.135. The molecule has 1 aliphatic carbocycles. The van der Waals surface area contributed by atoms with Crippen molar-refractivity contribution in [3.8, 4) is 17.0 Å². The number of pyridine rings is 2. The van der Waals surface area contributed by atoms with Gasteiger partial charge >= 0.3 is 0 Å². The Morgan fingerprint density at radius 3 is 2.46 bits per heavy atom. The molecule has 0 aliphatic heterocycles. The van der Waals surface area contributed by atoms with E-state index in [-0.39, 0.29) is 23.6 Å². The lowest BCUT2D eigenvalue weighted by Gasteiger charge is -2.24. The zero-order chi connectivity index (χ0) is 18.7. The second-order valence-electron chi connectivity index (χ2n) is 6.51. The Morgan fingerprint density at radius 2 is 1.81 bits per heavy atom. The van der Waals surface area contributed by atoms with Crippen LogP contribution in [-0.4, -0.2) is 22.1 Å². The third-order valence-corrected chi connectivity index (χ3v) is 4.51. The van der Waals surface area contributed by atoms with E-state index in [1.54, 1.807) is 0 Å². The van der Waals surface area contributed by atoms with E-state index in [0.29, 0.717) is 0 Å². The number of ether oxygens (including phenoxy) is 1. The minimum absolute atomic E-state index is 0.0383. The van der Waals surface area contributed by atoms with Gasteiger partial charge < -0.3 is 10.5 Å². The van der Waals surface area contributed by atoms with Gasteiger partial charge in [-0.15, -0.1) is 0 Å². The predicted molar refractivity (Wildman–Crippen MR) is 88.3 cm³/mol. The van der Waals surface area contributed by atoms with E-state index in [1.807, 2.05) is 0 Å². The Balaban J connectivity index is 1.86. The molecule has 2 N–H and O–H groups in total. The van der Waals surface area contributed by atoms with Gasteiger partial charge in [0.2, 0.25) is 0 Å². The van der Waals surface area contributed by atoms with E-state index in [0.717, 1.165) is 31.7 Å². The molecule has 140 valence electrons. The number of halogens is 4. The lowest BCUT2D eigenvalue weighted by Crippen LogP contribution is -2.42. The topological polar surface area (TPSA) is 61.0 Å². The van der Waals surface area contributed by atoms with Crippen LogP contribution in [0.25, 0.3) is 11.3 Å². The van der Waals surface area contributed by atoms with Gasteiger partial charge in [-0.25, -0.2) is 22.5 Å². The molecule has 0 unspecified atom stereocenters. The van der Waals surface area contributed by atoms with Gasteiger partial charge in [0.05, 0.1) is 11.2 Å². The van der Waals surface area contributed by atoms with E-state index in [1.165, 1.54) is 24.4 Å². The molecule has 0 spiro atoms. The molecule has 8 heteroatoms. The monoisotopic (exact) mass is 369 g/mol. The van der Waals surface area contributed by atoms with Crippen molar-refractivity contribution in [3.05, 3.63) is 41.9 Å². The standard InChI is InChI=1S/C18H19F4N3O/c19-16(20)13-9-11(5-8-24-13)12-3-4-14(15(25-12)17(21)22)26-10-18(23)6-1-2-7-18/h3-5,8-9,16-17H,1-2,6-7,10,23H2. The molecule has 0 atom stereocenters. The maximum Gasteiger partial charge on any atom is 0.284 e. The number of hydrogen-bond donors (Lipinski definition) is 1. The van der Waals surface area contributed by atoms with Crippen LogP contribution in [0.2, 0.25) is 0 Å². The molecular weight excluding hydrogens is 350 g/mol. The predicted octanol–water partition coefficient (Wildman–Crippen LogP) is 4.67. The van der Waals surface area contributed by atoms with Crippen molar-refractivity contribution in [2.75, 3.05) is 6.61 Å². The van der Waals surface area contributed by atoms with Crippen molar-refractivity contribution in [1.29, 1.82) is 0 Å². The minimum atomic E-state index is -2.86. The van der Waals surface area contributed by atoms with Crippen LogP contribution in [0, 0.1) is 0 Å². The molecule has 0 radical (unpaired) electrons. The summed E-state index contributed by atoms with van der Waals surface area (Å²) in [6, 6.07) is 5.42. The highest BCUT2D eigenvalue weighted by Crippen LogP contribution is 2.33. The maximum absolute atomic E-state index is 13.4. The van der Waals surface area contributed by atoms with E-state index in [9.17, 15) is 17.6 Å². The van der Waals surface area contributed by atoms with Crippen LogP contribution in [-0.2, 0) is 0 Å². The van der Waals surface area contributed by atoms with Gasteiger partial charge in [0.15, 0.2) is 0 Å². The Bertz CT molecular complexity index is 764. The normalized spacial score (nSPS) is 16.4. The summed E-state index contributed by atoms with van der Waals surface area (Å²) < 4.78 is 57.9. The number of aromatic nitrogens is 2. The summed E-state index contributed by atoms with van der Waals surface area (Å²) in [5.41, 5.74) is 5.16. The highest BCUT2D eigenvalue weighted by Gasteiger charge is 2.31. The van der Waals surface area contributed by atoms with Crippen molar-refractivity contribution in [2.45, 2.75) is 44.1 Å². The molecule has 26 heavy (non-hydrogen) atoms. The SMILES string of the molecule is NC1(COc2ccc(-c3ccnc(C(F)F)c3)nc2C(F)F)CCCC1. The molecular formula is C18H19F4N3O. The molecule has 0 aromatic carbocycles. The molecule has 1 fully saturated rings. The summed E-state index contributed by atoms with van der Waals surface area (Å²) in [6.45, 7) is 0.137. The van der Waals surface area contributed by atoms with Crippen LogP contribution in [0.15, 0.2) is 30.5 Å². The number of rotatable bonds is 6. The van der Waals surface area contributed by atoms with Crippen LogP contribution in [0.5, 0.6) is 5.75 Å². The van der Waals surface area contributed by atoms with E-state index in [2.05, 4.69) is 9.97 Å². The fraction of sp³-hybridized carbons (Fsp3) is 0.444. The summed E-state index contributed by atoms with van der Waals surface area (Å²) in [4.78, 5) is 7.48. The molecule has 1 saturated carbocycles. The molecule has 0 bridgehead atoms. The zero-order valence-electron chi connectivity index (χ0n) is 14.0. The second kappa shape index (κ2) is 7.57. The van der Waals surface area contributed by atoms with Gasteiger partial charge in [-0.1, -0.05) is 12.8 Å². The van der Waals surface area contributed by atoms with Crippen LogP contribution in [0.3, 0.4) is 0 Å². The van der Waals surface area contributed by atoms with Crippen molar-refractivity contribution >= 4 is 0 Å². The summed E-state index contributed by atoms with van der Waals surface area (Å²) in [5, 5.41) is 0. The molecule has 3 rings (SSSR count). The number of nitrogens with zero attached hydrogens (tertiary/aromatic N) is 2. The Hall–Kier alpha value is -2.22. The van der Waals surface area contributed by atoms with E-state index < -0.39 is 29.8 Å². The molecule has 2 heterocycles. The van der Waals surface area contributed by atoms with Gasteiger partial charge in [0.1, 0.15) is 23.7 Å². The second-order valence-corrected chi connectivity index (χ2v) is 6.51. The van der Waals surface area contributed by atoms with Gasteiger partial charge in [-0.05, 0) is 37.1 Å². The molecule has 2 aromatic heterocycles. The van der Waals surface area contributed by atoms with Gasteiger partial charge in [0, 0.05) is 11.8 Å². The first kappa shape index (κ1) is 18.6. The smallest absolute Gasteiger partial charge is 0.284 e. The first-order valence-corrected chi connectivity index (χ1v) is 8.33. The first-order valence-electron chi connectivity index (χ1n) is 8.33. The Labute approximate surface area is 148 Å². The number of nitrogens with two attached hydrogens (primary N) is 1. The fourth-order valence-electron chi connectivity index (χ4n) is 3.07. The van der Waals surface area contributed by atoms with Crippen LogP contribution in [0.1, 0.15) is 49.9 Å². The van der Waals surface area contributed by atoms with Crippen LogP contribution < -0.4 is 10.5 Å². The summed E-state index contributed by atoms with van der Waals surface area (Å²) in [6.07, 6.45) is -0.853. The molecule has 1 aliphatic rings.